The van der Waals surface area contributed by atoms with Crippen molar-refractivity contribution < 1.29 is 4.74 Å². The SMILES string of the molecule is COCCC(C)(C)CNCCCCSC. The van der Waals surface area contributed by atoms with E-state index in [1.54, 1.807) is 7.11 Å². The van der Waals surface area contributed by atoms with Crippen molar-refractivity contribution >= 4 is 11.8 Å². The van der Waals surface area contributed by atoms with Crippen LogP contribution in [0.25, 0.3) is 0 Å². The third-order valence-electron chi connectivity index (χ3n) is 2.54. The second-order valence-corrected chi connectivity index (χ2v) is 5.77. The van der Waals surface area contributed by atoms with Gasteiger partial charge in [0.25, 0.3) is 0 Å². The highest BCUT2D eigenvalue weighted by atomic mass is 32.2. The molecule has 0 heterocycles. The van der Waals surface area contributed by atoms with Gasteiger partial charge in [0.15, 0.2) is 0 Å². The predicted octanol–water partition coefficient (Wildman–Crippen LogP) is 2.78. The first-order valence-corrected chi connectivity index (χ1v) is 7.20. The van der Waals surface area contributed by atoms with Crippen molar-refractivity contribution in [1.82, 2.24) is 5.32 Å². The van der Waals surface area contributed by atoms with Gasteiger partial charge in [-0.15, -0.1) is 0 Å². The van der Waals surface area contributed by atoms with E-state index in [2.05, 4.69) is 25.4 Å². The molecule has 0 aliphatic carbocycles. The Balaban J connectivity index is 3.32. The Bertz CT molecular complexity index is 140. The van der Waals surface area contributed by atoms with Crippen LogP contribution in [0, 0.1) is 5.41 Å². The average molecular weight is 233 g/mol. The van der Waals surface area contributed by atoms with Crippen LogP contribution in [-0.2, 0) is 4.74 Å². The molecule has 0 rings (SSSR count). The lowest BCUT2D eigenvalue weighted by molar-refractivity contribution is 0.151. The van der Waals surface area contributed by atoms with E-state index < -0.39 is 0 Å². The van der Waals surface area contributed by atoms with Crippen molar-refractivity contribution in [3.8, 4) is 0 Å². The van der Waals surface area contributed by atoms with Gasteiger partial charge in [-0.25, -0.2) is 0 Å². The molecule has 0 unspecified atom stereocenters. The molecule has 0 radical (unpaired) electrons. The summed E-state index contributed by atoms with van der Waals surface area (Å²) in [6, 6.07) is 0. The van der Waals surface area contributed by atoms with E-state index >= 15 is 0 Å². The maximum absolute atomic E-state index is 5.11. The molecule has 0 aromatic rings. The van der Waals surface area contributed by atoms with Crippen molar-refractivity contribution in [3.63, 3.8) is 0 Å². The summed E-state index contributed by atoms with van der Waals surface area (Å²) in [5, 5.41) is 3.53. The summed E-state index contributed by atoms with van der Waals surface area (Å²) in [5.74, 6) is 1.29. The van der Waals surface area contributed by atoms with Crippen LogP contribution in [0.3, 0.4) is 0 Å². The number of methoxy groups -OCH3 is 1. The number of ether oxygens (including phenoxy) is 1. The summed E-state index contributed by atoms with van der Waals surface area (Å²) in [4.78, 5) is 0. The standard InChI is InChI=1S/C12H27NOS/c1-12(2,7-9-14-3)11-13-8-5-6-10-15-4/h13H,5-11H2,1-4H3. The van der Waals surface area contributed by atoms with Crippen LogP contribution in [0.15, 0.2) is 0 Å². The number of hydrogen-bond donors (Lipinski definition) is 1. The van der Waals surface area contributed by atoms with Crippen LogP contribution >= 0.6 is 11.8 Å². The molecule has 0 aromatic heterocycles. The van der Waals surface area contributed by atoms with Crippen molar-refractivity contribution in [2.24, 2.45) is 5.41 Å². The monoisotopic (exact) mass is 233 g/mol. The fourth-order valence-corrected chi connectivity index (χ4v) is 1.88. The van der Waals surface area contributed by atoms with Crippen molar-refractivity contribution in [2.75, 3.05) is 38.8 Å². The molecule has 1 N–H and O–H groups in total. The summed E-state index contributed by atoms with van der Waals surface area (Å²) >= 11 is 1.93. The summed E-state index contributed by atoms with van der Waals surface area (Å²) in [6.45, 7) is 7.69. The molecule has 92 valence electrons. The Kier molecular flexibility index (Phi) is 9.66. The van der Waals surface area contributed by atoms with Gasteiger partial charge in [0.05, 0.1) is 0 Å². The van der Waals surface area contributed by atoms with E-state index in [9.17, 15) is 0 Å². The number of nitrogens with one attached hydrogen (secondary N) is 1. The summed E-state index contributed by atoms with van der Waals surface area (Å²) in [5.41, 5.74) is 0.357. The van der Waals surface area contributed by atoms with Gasteiger partial charge >= 0.3 is 0 Å². The second-order valence-electron chi connectivity index (χ2n) is 4.78. The predicted molar refractivity (Wildman–Crippen MR) is 70.8 cm³/mol. The van der Waals surface area contributed by atoms with Crippen molar-refractivity contribution in [2.45, 2.75) is 33.1 Å². The molecule has 0 aliphatic heterocycles. The Hall–Kier alpha value is 0.270. The molecule has 2 nitrogen and oxygen atoms in total. The minimum absolute atomic E-state index is 0.357. The molecule has 0 aromatic carbocycles. The third kappa shape index (κ3) is 10.6. The Morgan fingerprint density at radius 1 is 1.27 bits per heavy atom. The first-order valence-electron chi connectivity index (χ1n) is 5.81. The molecule has 0 aliphatic rings. The normalized spacial score (nSPS) is 12.0. The molecule has 0 bridgehead atoms. The maximum atomic E-state index is 5.11. The van der Waals surface area contributed by atoms with E-state index in [4.69, 9.17) is 4.74 Å². The Morgan fingerprint density at radius 2 is 2.00 bits per heavy atom. The van der Waals surface area contributed by atoms with Crippen LogP contribution in [0.4, 0.5) is 0 Å². The minimum Gasteiger partial charge on any atom is -0.385 e. The van der Waals surface area contributed by atoms with Crippen LogP contribution in [-0.4, -0.2) is 38.8 Å². The quantitative estimate of drug-likeness (QED) is 0.586. The lowest BCUT2D eigenvalue weighted by Crippen LogP contribution is -2.31. The molecule has 0 atom stereocenters. The molecule has 15 heavy (non-hydrogen) atoms. The lowest BCUT2D eigenvalue weighted by atomic mass is 9.90. The van der Waals surface area contributed by atoms with Gasteiger partial charge in [-0.05, 0) is 43.2 Å². The molecular formula is C12H27NOS. The van der Waals surface area contributed by atoms with Crippen molar-refractivity contribution in [3.05, 3.63) is 0 Å². The first-order chi connectivity index (χ1) is 7.12. The number of thioether (sulfide) groups is 1. The molecule has 0 spiro atoms. The fraction of sp³-hybridized carbons (Fsp3) is 1.00. The fourth-order valence-electron chi connectivity index (χ4n) is 1.39. The van der Waals surface area contributed by atoms with Gasteiger partial charge in [0, 0.05) is 20.3 Å². The highest BCUT2D eigenvalue weighted by Crippen LogP contribution is 2.18. The molecule has 0 amide bonds. The zero-order chi connectivity index (χ0) is 11.6. The van der Waals surface area contributed by atoms with Gasteiger partial charge in [0.1, 0.15) is 0 Å². The number of rotatable bonds is 10. The smallest absolute Gasteiger partial charge is 0.0467 e. The topological polar surface area (TPSA) is 21.3 Å². The van der Waals surface area contributed by atoms with Gasteiger partial charge in [-0.1, -0.05) is 13.8 Å². The molecule has 0 fully saturated rings. The second kappa shape index (κ2) is 9.49. The Morgan fingerprint density at radius 3 is 2.60 bits per heavy atom. The third-order valence-corrected chi connectivity index (χ3v) is 3.24. The van der Waals surface area contributed by atoms with Gasteiger partial charge in [0.2, 0.25) is 0 Å². The summed E-state index contributed by atoms with van der Waals surface area (Å²) in [7, 11) is 1.77. The summed E-state index contributed by atoms with van der Waals surface area (Å²) < 4.78 is 5.11. The van der Waals surface area contributed by atoms with E-state index in [1.807, 2.05) is 11.8 Å². The van der Waals surface area contributed by atoms with Crippen LogP contribution in [0.2, 0.25) is 0 Å². The molecule has 0 saturated heterocycles. The Labute approximate surface area is 99.5 Å². The maximum Gasteiger partial charge on any atom is 0.0467 e. The highest BCUT2D eigenvalue weighted by molar-refractivity contribution is 7.98. The van der Waals surface area contributed by atoms with E-state index in [1.165, 1.54) is 18.6 Å². The lowest BCUT2D eigenvalue weighted by Gasteiger charge is -2.24. The largest absolute Gasteiger partial charge is 0.385 e. The average Bonchev–Trinajstić information content (AvgIpc) is 2.20. The van der Waals surface area contributed by atoms with Crippen LogP contribution < -0.4 is 5.32 Å². The molecule has 3 heteroatoms. The first kappa shape index (κ1) is 15.3. The van der Waals surface area contributed by atoms with Gasteiger partial charge in [-0.3, -0.25) is 0 Å². The van der Waals surface area contributed by atoms with Crippen LogP contribution in [0.1, 0.15) is 33.1 Å². The van der Waals surface area contributed by atoms with Gasteiger partial charge < -0.3 is 10.1 Å². The zero-order valence-corrected chi connectivity index (χ0v) is 11.6. The van der Waals surface area contributed by atoms with E-state index in [0.717, 1.165) is 26.1 Å². The van der Waals surface area contributed by atoms with Crippen molar-refractivity contribution in [1.29, 1.82) is 0 Å². The highest BCUT2D eigenvalue weighted by Gasteiger charge is 2.16. The molecule has 0 saturated carbocycles. The zero-order valence-electron chi connectivity index (χ0n) is 10.8. The van der Waals surface area contributed by atoms with Gasteiger partial charge in [-0.2, -0.15) is 11.8 Å². The summed E-state index contributed by atoms with van der Waals surface area (Å²) in [6.07, 6.45) is 5.91. The molecular weight excluding hydrogens is 206 g/mol. The number of hydrogen-bond acceptors (Lipinski definition) is 3. The van der Waals surface area contributed by atoms with E-state index in [-0.39, 0.29) is 0 Å². The number of unbranched alkanes of at least 4 members (excludes halogenated alkanes) is 1. The van der Waals surface area contributed by atoms with E-state index in [0.29, 0.717) is 5.41 Å². The minimum atomic E-state index is 0.357. The van der Waals surface area contributed by atoms with Crippen LogP contribution in [0.5, 0.6) is 0 Å².